The molecule has 0 bridgehead atoms. The predicted octanol–water partition coefficient (Wildman–Crippen LogP) is 4.23. The molecule has 0 amide bonds. The quantitative estimate of drug-likeness (QED) is 0.677. The van der Waals surface area contributed by atoms with Gasteiger partial charge in [0.2, 0.25) is 0 Å². The summed E-state index contributed by atoms with van der Waals surface area (Å²) in [6.45, 7) is 6.97. The van der Waals surface area contributed by atoms with Gasteiger partial charge in [-0.25, -0.2) is 0 Å². The van der Waals surface area contributed by atoms with Crippen LogP contribution in [-0.2, 0) is 6.42 Å². The van der Waals surface area contributed by atoms with Crippen LogP contribution in [0, 0.1) is 5.41 Å². The van der Waals surface area contributed by atoms with Crippen molar-refractivity contribution in [2.75, 3.05) is 0 Å². The van der Waals surface area contributed by atoms with Gasteiger partial charge in [0.1, 0.15) is 0 Å². The summed E-state index contributed by atoms with van der Waals surface area (Å²) in [5.74, 6) is 0. The Morgan fingerprint density at radius 3 is 2.40 bits per heavy atom. The third-order valence-corrected chi connectivity index (χ3v) is 3.37. The normalized spacial score (nSPS) is 14.9. The average molecular weight is 205 g/mol. The van der Waals surface area contributed by atoms with Crippen molar-refractivity contribution in [1.82, 2.24) is 4.98 Å². The van der Waals surface area contributed by atoms with Crippen LogP contribution in [0.4, 0.5) is 0 Å². The van der Waals surface area contributed by atoms with Crippen LogP contribution in [0.2, 0.25) is 0 Å². The first-order valence-corrected chi connectivity index (χ1v) is 6.09. The molecule has 0 aliphatic heterocycles. The summed E-state index contributed by atoms with van der Waals surface area (Å²) >= 11 is 0. The van der Waals surface area contributed by atoms with Crippen molar-refractivity contribution >= 4 is 0 Å². The lowest BCUT2D eigenvalue weighted by molar-refractivity contribution is 0.273. The predicted molar refractivity (Wildman–Crippen MR) is 65.9 cm³/mol. The SMILES string of the molecule is CCCCC(C)(CC)Cc1ccncc1. The number of nitrogens with zero attached hydrogens (tertiary/aromatic N) is 1. The zero-order valence-corrected chi connectivity index (χ0v) is 10.3. The van der Waals surface area contributed by atoms with E-state index in [0.717, 1.165) is 0 Å². The second-order valence-electron chi connectivity index (χ2n) is 4.80. The third-order valence-electron chi connectivity index (χ3n) is 3.37. The molecule has 84 valence electrons. The summed E-state index contributed by atoms with van der Waals surface area (Å²) in [6, 6.07) is 4.28. The minimum atomic E-state index is 0.470. The summed E-state index contributed by atoms with van der Waals surface area (Å²) in [7, 11) is 0. The van der Waals surface area contributed by atoms with E-state index in [4.69, 9.17) is 0 Å². The Labute approximate surface area is 93.9 Å². The first-order chi connectivity index (χ1) is 7.20. The standard InChI is InChI=1S/C14H23N/c1-4-6-9-14(3,5-2)12-13-7-10-15-11-8-13/h7-8,10-11H,4-6,9,12H2,1-3H3. The fraction of sp³-hybridized carbons (Fsp3) is 0.643. The van der Waals surface area contributed by atoms with Gasteiger partial charge in [-0.3, -0.25) is 4.98 Å². The zero-order chi connectivity index (χ0) is 11.1. The van der Waals surface area contributed by atoms with Crippen molar-refractivity contribution in [3.05, 3.63) is 30.1 Å². The maximum absolute atomic E-state index is 4.06. The van der Waals surface area contributed by atoms with Gasteiger partial charge in [0.25, 0.3) is 0 Å². The monoisotopic (exact) mass is 205 g/mol. The van der Waals surface area contributed by atoms with Crippen molar-refractivity contribution in [2.45, 2.75) is 52.9 Å². The molecule has 1 heteroatoms. The molecule has 0 aliphatic carbocycles. The summed E-state index contributed by atoms with van der Waals surface area (Å²) < 4.78 is 0. The molecule has 1 heterocycles. The Bertz CT molecular complexity index is 268. The van der Waals surface area contributed by atoms with Crippen LogP contribution in [0.25, 0.3) is 0 Å². The molecule has 1 aromatic heterocycles. The maximum Gasteiger partial charge on any atom is 0.0270 e. The summed E-state index contributed by atoms with van der Waals surface area (Å²) in [5.41, 5.74) is 1.89. The van der Waals surface area contributed by atoms with E-state index >= 15 is 0 Å². The van der Waals surface area contributed by atoms with Gasteiger partial charge in [-0.2, -0.15) is 0 Å². The van der Waals surface area contributed by atoms with Crippen molar-refractivity contribution in [3.63, 3.8) is 0 Å². The fourth-order valence-electron chi connectivity index (χ4n) is 1.99. The van der Waals surface area contributed by atoms with Gasteiger partial charge in [-0.15, -0.1) is 0 Å². The Morgan fingerprint density at radius 2 is 1.87 bits per heavy atom. The molecule has 15 heavy (non-hydrogen) atoms. The van der Waals surface area contributed by atoms with E-state index in [9.17, 15) is 0 Å². The first-order valence-electron chi connectivity index (χ1n) is 6.09. The van der Waals surface area contributed by atoms with Gasteiger partial charge in [0.15, 0.2) is 0 Å². The average Bonchev–Trinajstić information content (AvgIpc) is 2.28. The number of unbranched alkanes of at least 4 members (excludes halogenated alkanes) is 1. The molecule has 0 saturated heterocycles. The Kier molecular flexibility index (Phi) is 4.80. The lowest BCUT2D eigenvalue weighted by Crippen LogP contribution is -2.18. The molecule has 0 saturated carbocycles. The van der Waals surface area contributed by atoms with E-state index in [2.05, 4.69) is 37.9 Å². The van der Waals surface area contributed by atoms with Crippen LogP contribution in [-0.4, -0.2) is 4.98 Å². The topological polar surface area (TPSA) is 12.9 Å². The summed E-state index contributed by atoms with van der Waals surface area (Å²) in [5, 5.41) is 0. The Balaban J connectivity index is 2.59. The van der Waals surface area contributed by atoms with Gasteiger partial charge < -0.3 is 0 Å². The van der Waals surface area contributed by atoms with Crippen LogP contribution < -0.4 is 0 Å². The number of hydrogen-bond donors (Lipinski definition) is 0. The number of pyridine rings is 1. The van der Waals surface area contributed by atoms with Crippen LogP contribution in [0.1, 0.15) is 52.0 Å². The number of hydrogen-bond acceptors (Lipinski definition) is 1. The van der Waals surface area contributed by atoms with Crippen molar-refractivity contribution in [1.29, 1.82) is 0 Å². The highest BCUT2D eigenvalue weighted by atomic mass is 14.6. The van der Waals surface area contributed by atoms with E-state index in [-0.39, 0.29) is 0 Å². The largest absolute Gasteiger partial charge is 0.265 e. The Hall–Kier alpha value is -0.850. The molecule has 0 spiro atoms. The van der Waals surface area contributed by atoms with E-state index < -0.39 is 0 Å². The van der Waals surface area contributed by atoms with Crippen molar-refractivity contribution < 1.29 is 0 Å². The summed E-state index contributed by atoms with van der Waals surface area (Å²) in [6.07, 6.45) is 10.2. The minimum Gasteiger partial charge on any atom is -0.265 e. The molecule has 1 aromatic rings. The molecule has 1 rings (SSSR count). The van der Waals surface area contributed by atoms with Gasteiger partial charge in [-0.05, 0) is 36.0 Å². The number of rotatable bonds is 6. The molecule has 0 fully saturated rings. The molecular weight excluding hydrogens is 182 g/mol. The van der Waals surface area contributed by atoms with E-state index in [1.54, 1.807) is 0 Å². The minimum absolute atomic E-state index is 0.470. The van der Waals surface area contributed by atoms with Crippen molar-refractivity contribution in [2.24, 2.45) is 5.41 Å². The van der Waals surface area contributed by atoms with Crippen LogP contribution in [0.5, 0.6) is 0 Å². The molecule has 0 N–H and O–H groups in total. The molecule has 0 aromatic carbocycles. The second-order valence-corrected chi connectivity index (χ2v) is 4.80. The molecule has 0 radical (unpaired) electrons. The van der Waals surface area contributed by atoms with Crippen LogP contribution >= 0.6 is 0 Å². The Morgan fingerprint density at radius 1 is 1.20 bits per heavy atom. The van der Waals surface area contributed by atoms with Crippen molar-refractivity contribution in [3.8, 4) is 0 Å². The zero-order valence-electron chi connectivity index (χ0n) is 10.3. The van der Waals surface area contributed by atoms with Gasteiger partial charge in [0.05, 0.1) is 0 Å². The van der Waals surface area contributed by atoms with E-state index in [1.807, 2.05) is 12.4 Å². The van der Waals surface area contributed by atoms with Gasteiger partial charge in [0, 0.05) is 12.4 Å². The maximum atomic E-state index is 4.06. The molecule has 1 atom stereocenters. The summed E-state index contributed by atoms with van der Waals surface area (Å²) in [4.78, 5) is 4.06. The molecule has 1 nitrogen and oxygen atoms in total. The lowest BCUT2D eigenvalue weighted by Gasteiger charge is -2.28. The molecular formula is C14H23N. The highest BCUT2D eigenvalue weighted by molar-refractivity contribution is 5.11. The first kappa shape index (κ1) is 12.2. The van der Waals surface area contributed by atoms with E-state index in [1.165, 1.54) is 37.7 Å². The van der Waals surface area contributed by atoms with Gasteiger partial charge >= 0.3 is 0 Å². The van der Waals surface area contributed by atoms with Gasteiger partial charge in [-0.1, -0.05) is 40.0 Å². The highest BCUT2D eigenvalue weighted by Gasteiger charge is 2.21. The molecule has 0 aliphatic rings. The third kappa shape index (κ3) is 4.03. The second kappa shape index (κ2) is 5.89. The van der Waals surface area contributed by atoms with Crippen LogP contribution in [0.15, 0.2) is 24.5 Å². The number of aromatic nitrogens is 1. The molecule has 1 unspecified atom stereocenters. The highest BCUT2D eigenvalue weighted by Crippen LogP contribution is 2.32. The van der Waals surface area contributed by atoms with Crippen LogP contribution in [0.3, 0.4) is 0 Å². The smallest absolute Gasteiger partial charge is 0.0270 e. The lowest BCUT2D eigenvalue weighted by atomic mass is 9.77. The fourth-order valence-corrected chi connectivity index (χ4v) is 1.99. The van der Waals surface area contributed by atoms with E-state index in [0.29, 0.717) is 5.41 Å².